The average Bonchev–Trinajstić information content (AvgIpc) is 3.24. The number of anilines is 1. The zero-order chi connectivity index (χ0) is 19.9. The lowest BCUT2D eigenvalue weighted by Gasteiger charge is -2.15. The number of benzene rings is 2. The van der Waals surface area contributed by atoms with Crippen LogP contribution in [0.15, 0.2) is 66.0 Å². The van der Waals surface area contributed by atoms with Crippen molar-refractivity contribution < 1.29 is 19.6 Å². The van der Waals surface area contributed by atoms with Crippen LogP contribution in [0, 0.1) is 6.92 Å². The first-order chi connectivity index (χ1) is 13.6. The first-order valence-corrected chi connectivity index (χ1v) is 9.86. The third kappa shape index (κ3) is 5.06. The lowest BCUT2D eigenvalue weighted by Crippen LogP contribution is -2.87. The van der Waals surface area contributed by atoms with Crippen LogP contribution >= 0.6 is 11.3 Å². The molecular formula is C22H23N2O3S+. The molecule has 2 aromatic carbocycles. The van der Waals surface area contributed by atoms with Gasteiger partial charge in [-0.2, -0.15) is 0 Å². The number of carbonyl (C=O) groups is 2. The van der Waals surface area contributed by atoms with Gasteiger partial charge in [0.25, 0.3) is 5.91 Å². The van der Waals surface area contributed by atoms with Gasteiger partial charge in [0.1, 0.15) is 6.04 Å². The molecule has 0 unspecified atom stereocenters. The highest BCUT2D eigenvalue weighted by Gasteiger charge is 2.20. The lowest BCUT2D eigenvalue weighted by atomic mass is 10.0. The van der Waals surface area contributed by atoms with Gasteiger partial charge in [-0.15, -0.1) is 11.3 Å². The number of nitrogens with one attached hydrogen (secondary N) is 1. The van der Waals surface area contributed by atoms with Crippen LogP contribution in [0.4, 0.5) is 5.69 Å². The van der Waals surface area contributed by atoms with Crippen molar-refractivity contribution in [3.8, 4) is 0 Å². The maximum atomic E-state index is 12.4. The van der Waals surface area contributed by atoms with E-state index in [1.807, 2.05) is 16.8 Å². The number of amides is 1. The number of nitrogens with two attached hydrogens (primary N) is 1. The van der Waals surface area contributed by atoms with Crippen LogP contribution in [0.3, 0.4) is 0 Å². The molecule has 28 heavy (non-hydrogen) atoms. The van der Waals surface area contributed by atoms with Gasteiger partial charge in [-0.1, -0.05) is 35.9 Å². The highest BCUT2D eigenvalue weighted by atomic mass is 32.1. The van der Waals surface area contributed by atoms with E-state index in [1.54, 1.807) is 35.6 Å². The van der Waals surface area contributed by atoms with Gasteiger partial charge in [0, 0.05) is 11.3 Å². The molecule has 0 aliphatic carbocycles. The summed E-state index contributed by atoms with van der Waals surface area (Å²) in [6.07, 6.45) is 0. The van der Waals surface area contributed by atoms with E-state index in [0.29, 0.717) is 11.3 Å². The van der Waals surface area contributed by atoms with Crippen molar-refractivity contribution in [2.75, 3.05) is 19.0 Å². The predicted octanol–water partition coefficient (Wildman–Crippen LogP) is 3.13. The van der Waals surface area contributed by atoms with Crippen LogP contribution in [-0.2, 0) is 9.53 Å². The van der Waals surface area contributed by atoms with E-state index in [-0.39, 0.29) is 18.5 Å². The second-order valence-electron chi connectivity index (χ2n) is 6.46. The first kappa shape index (κ1) is 19.8. The molecule has 0 bridgehead atoms. The van der Waals surface area contributed by atoms with Crippen LogP contribution in [0.1, 0.15) is 32.4 Å². The van der Waals surface area contributed by atoms with Gasteiger partial charge in [-0.25, -0.2) is 4.79 Å². The van der Waals surface area contributed by atoms with E-state index >= 15 is 0 Å². The maximum absolute atomic E-state index is 12.4. The summed E-state index contributed by atoms with van der Waals surface area (Å²) in [5.74, 6) is -0.498. The SMILES string of the molecule is COC(=O)c1ccc(NC(=O)C[NH2+][C@H](c2ccc(C)cc2)c2cccs2)cc1. The van der Waals surface area contributed by atoms with Gasteiger partial charge in [0.2, 0.25) is 0 Å². The molecule has 0 saturated heterocycles. The molecule has 0 fully saturated rings. The minimum Gasteiger partial charge on any atom is -0.465 e. The van der Waals surface area contributed by atoms with Crippen LogP contribution in [0.25, 0.3) is 0 Å². The van der Waals surface area contributed by atoms with Crippen molar-refractivity contribution in [3.63, 3.8) is 0 Å². The van der Waals surface area contributed by atoms with E-state index in [9.17, 15) is 9.59 Å². The third-order valence-corrected chi connectivity index (χ3v) is 5.37. The number of esters is 1. The van der Waals surface area contributed by atoms with Crippen LogP contribution in [0.2, 0.25) is 0 Å². The number of carbonyl (C=O) groups excluding carboxylic acids is 2. The van der Waals surface area contributed by atoms with Crippen molar-refractivity contribution >= 4 is 28.9 Å². The highest BCUT2D eigenvalue weighted by Crippen LogP contribution is 2.23. The highest BCUT2D eigenvalue weighted by molar-refractivity contribution is 7.10. The van der Waals surface area contributed by atoms with Crippen molar-refractivity contribution in [1.29, 1.82) is 0 Å². The summed E-state index contributed by atoms with van der Waals surface area (Å²) in [6.45, 7) is 2.35. The minimum atomic E-state index is -0.400. The molecule has 3 N–H and O–H groups in total. The molecule has 0 aliphatic heterocycles. The van der Waals surface area contributed by atoms with E-state index in [4.69, 9.17) is 0 Å². The largest absolute Gasteiger partial charge is 0.465 e. The predicted molar refractivity (Wildman–Crippen MR) is 111 cm³/mol. The Labute approximate surface area is 168 Å². The molecule has 6 heteroatoms. The topological polar surface area (TPSA) is 72.0 Å². The van der Waals surface area contributed by atoms with Gasteiger partial charge in [-0.3, -0.25) is 4.79 Å². The number of hydrogen-bond acceptors (Lipinski definition) is 4. The fraction of sp³-hybridized carbons (Fsp3) is 0.182. The third-order valence-electron chi connectivity index (χ3n) is 4.41. The molecule has 1 atom stereocenters. The van der Waals surface area contributed by atoms with Gasteiger partial charge in [0.15, 0.2) is 6.54 Å². The molecule has 0 aliphatic rings. The molecule has 1 amide bonds. The molecule has 144 valence electrons. The molecule has 0 saturated carbocycles. The van der Waals surface area contributed by atoms with E-state index in [2.05, 4.69) is 47.3 Å². The Morgan fingerprint density at radius 2 is 1.79 bits per heavy atom. The van der Waals surface area contributed by atoms with E-state index in [1.165, 1.54) is 23.1 Å². The second kappa shape index (κ2) is 9.30. The number of methoxy groups -OCH3 is 1. The minimum absolute atomic E-state index is 0.0769. The number of ether oxygens (including phenoxy) is 1. The Hall–Kier alpha value is -2.96. The number of thiophene rings is 1. The Morgan fingerprint density at radius 1 is 1.07 bits per heavy atom. The van der Waals surface area contributed by atoms with Gasteiger partial charge in [0.05, 0.1) is 17.6 Å². The quantitative estimate of drug-likeness (QED) is 0.604. The molecule has 1 aromatic heterocycles. The van der Waals surface area contributed by atoms with Gasteiger partial charge < -0.3 is 15.4 Å². The standard InChI is InChI=1S/C22H22N2O3S/c1-15-5-7-16(8-6-15)21(19-4-3-13-28-19)23-14-20(25)24-18-11-9-17(10-12-18)22(26)27-2/h3-13,21,23H,14H2,1-2H3,(H,24,25)/p+1/t21-/m1/s1. The fourth-order valence-electron chi connectivity index (χ4n) is 2.90. The summed E-state index contributed by atoms with van der Waals surface area (Å²) in [6, 6.07) is 19.2. The summed E-state index contributed by atoms with van der Waals surface area (Å²) in [4.78, 5) is 25.1. The normalized spacial score (nSPS) is 11.6. The number of hydrogen-bond donors (Lipinski definition) is 2. The summed E-state index contributed by atoms with van der Waals surface area (Å²) in [5, 5.41) is 6.95. The Bertz CT molecular complexity index is 919. The van der Waals surface area contributed by atoms with Crippen molar-refractivity contribution in [2.45, 2.75) is 13.0 Å². The molecular weight excluding hydrogens is 372 g/mol. The van der Waals surface area contributed by atoms with Crippen LogP contribution in [0.5, 0.6) is 0 Å². The Balaban J connectivity index is 1.64. The van der Waals surface area contributed by atoms with Crippen LogP contribution < -0.4 is 10.6 Å². The summed E-state index contributed by atoms with van der Waals surface area (Å²) in [7, 11) is 1.34. The van der Waals surface area contributed by atoms with E-state index < -0.39 is 5.97 Å². The summed E-state index contributed by atoms with van der Waals surface area (Å²) in [5.41, 5.74) is 3.48. The first-order valence-electron chi connectivity index (χ1n) is 8.98. The second-order valence-corrected chi connectivity index (χ2v) is 7.44. The average molecular weight is 396 g/mol. The summed E-state index contributed by atoms with van der Waals surface area (Å²) >= 11 is 1.69. The molecule has 0 spiro atoms. The van der Waals surface area contributed by atoms with E-state index in [0.717, 1.165) is 0 Å². The van der Waals surface area contributed by atoms with Gasteiger partial charge in [-0.05, 0) is 42.6 Å². The zero-order valence-electron chi connectivity index (χ0n) is 15.8. The van der Waals surface area contributed by atoms with Crippen molar-refractivity contribution in [2.24, 2.45) is 0 Å². The van der Waals surface area contributed by atoms with Crippen LogP contribution in [-0.4, -0.2) is 25.5 Å². The number of aryl methyl sites for hydroxylation is 1. The molecule has 0 radical (unpaired) electrons. The smallest absolute Gasteiger partial charge is 0.337 e. The molecule has 3 aromatic rings. The fourth-order valence-corrected chi connectivity index (χ4v) is 3.75. The van der Waals surface area contributed by atoms with Crippen molar-refractivity contribution in [1.82, 2.24) is 0 Å². The number of rotatable bonds is 7. The van der Waals surface area contributed by atoms with Gasteiger partial charge >= 0.3 is 5.97 Å². The molecule has 3 rings (SSSR count). The zero-order valence-corrected chi connectivity index (χ0v) is 16.7. The summed E-state index contributed by atoms with van der Waals surface area (Å²) < 4.78 is 4.68. The molecule has 5 nitrogen and oxygen atoms in total. The lowest BCUT2D eigenvalue weighted by molar-refractivity contribution is -0.675. The molecule has 1 heterocycles. The maximum Gasteiger partial charge on any atom is 0.337 e. The van der Waals surface area contributed by atoms with Crippen molar-refractivity contribution in [3.05, 3.63) is 87.6 Å². The number of quaternary nitrogens is 1. The monoisotopic (exact) mass is 395 g/mol. The Kier molecular flexibility index (Phi) is 6.57. The Morgan fingerprint density at radius 3 is 2.39 bits per heavy atom.